The highest BCUT2D eigenvalue weighted by Crippen LogP contribution is 2.17. The number of rotatable bonds is 3. The smallest absolute Gasteiger partial charge is 0.304 e. The fourth-order valence-electron chi connectivity index (χ4n) is 1.34. The Hall–Kier alpha value is -1.47. The lowest BCUT2D eigenvalue weighted by atomic mass is 10.2. The second-order valence-electron chi connectivity index (χ2n) is 3.48. The van der Waals surface area contributed by atoms with Crippen LogP contribution in [-0.2, 0) is 6.54 Å². The summed E-state index contributed by atoms with van der Waals surface area (Å²) in [6.45, 7) is 0.195. The number of aromatic nitrogens is 1. The summed E-state index contributed by atoms with van der Waals surface area (Å²) in [4.78, 5) is 25.1. The van der Waals surface area contributed by atoms with Crippen molar-refractivity contribution in [2.75, 3.05) is 0 Å². The molecular formula is C11H8BrFN2O2S. The van der Waals surface area contributed by atoms with E-state index in [0.29, 0.717) is 10.2 Å². The monoisotopic (exact) mass is 330 g/mol. The van der Waals surface area contributed by atoms with E-state index in [-0.39, 0.29) is 17.0 Å². The lowest BCUT2D eigenvalue weighted by Crippen LogP contribution is -2.23. The molecule has 1 heterocycles. The third-order valence-corrected chi connectivity index (χ3v) is 3.59. The van der Waals surface area contributed by atoms with Gasteiger partial charge < -0.3 is 10.3 Å². The quantitative estimate of drug-likeness (QED) is 0.906. The van der Waals surface area contributed by atoms with E-state index in [1.165, 1.54) is 12.1 Å². The minimum Gasteiger partial charge on any atom is -0.346 e. The molecule has 18 heavy (non-hydrogen) atoms. The van der Waals surface area contributed by atoms with Crippen molar-refractivity contribution < 1.29 is 9.18 Å². The van der Waals surface area contributed by atoms with Crippen molar-refractivity contribution in [1.82, 2.24) is 10.3 Å². The number of H-pyrrole nitrogens is 1. The maximum Gasteiger partial charge on any atom is 0.304 e. The van der Waals surface area contributed by atoms with Gasteiger partial charge in [0.05, 0.1) is 12.1 Å². The van der Waals surface area contributed by atoms with Gasteiger partial charge in [-0.1, -0.05) is 11.3 Å². The van der Waals surface area contributed by atoms with E-state index in [2.05, 4.69) is 26.2 Å². The Bertz CT molecular complexity index is 638. The highest BCUT2D eigenvalue weighted by molar-refractivity contribution is 9.10. The molecule has 0 fully saturated rings. The number of halogens is 2. The molecule has 2 N–H and O–H groups in total. The van der Waals surface area contributed by atoms with Gasteiger partial charge in [-0.25, -0.2) is 4.39 Å². The first-order valence-electron chi connectivity index (χ1n) is 4.96. The van der Waals surface area contributed by atoms with E-state index in [1.807, 2.05) is 0 Å². The molecule has 7 heteroatoms. The normalized spacial score (nSPS) is 10.3. The Morgan fingerprint density at radius 2 is 2.28 bits per heavy atom. The number of hydrogen-bond donors (Lipinski definition) is 2. The molecule has 0 aliphatic carbocycles. The Morgan fingerprint density at radius 3 is 2.94 bits per heavy atom. The number of thiazole rings is 1. The van der Waals surface area contributed by atoms with Gasteiger partial charge in [-0.05, 0) is 34.1 Å². The van der Waals surface area contributed by atoms with Crippen LogP contribution in [0.25, 0.3) is 0 Å². The summed E-state index contributed by atoms with van der Waals surface area (Å²) in [6.07, 6.45) is 0. The van der Waals surface area contributed by atoms with E-state index >= 15 is 0 Å². The average Bonchev–Trinajstić information content (AvgIpc) is 2.75. The summed E-state index contributed by atoms with van der Waals surface area (Å²) in [5, 5.41) is 4.23. The zero-order valence-electron chi connectivity index (χ0n) is 9.00. The molecule has 0 saturated heterocycles. The number of benzene rings is 1. The molecule has 0 aliphatic rings. The largest absolute Gasteiger partial charge is 0.346 e. The van der Waals surface area contributed by atoms with Crippen LogP contribution < -0.4 is 10.2 Å². The molecule has 0 aliphatic heterocycles. The maximum atomic E-state index is 13.0. The number of carbonyl (C=O) groups is 1. The van der Waals surface area contributed by atoms with Crippen LogP contribution in [0.4, 0.5) is 4.39 Å². The summed E-state index contributed by atoms with van der Waals surface area (Å²) in [6, 6.07) is 3.88. The van der Waals surface area contributed by atoms with Gasteiger partial charge in [0.2, 0.25) is 0 Å². The fraction of sp³-hybridized carbons (Fsp3) is 0.0909. The molecular weight excluding hydrogens is 323 g/mol. The standard InChI is InChI=1S/C11H8BrFN2O2S/c12-9-2-1-6(13)3-8(9)10(16)14-4-7-5-18-11(17)15-7/h1-3,5H,4H2,(H,14,16)(H,15,17). The summed E-state index contributed by atoms with van der Waals surface area (Å²) < 4.78 is 13.5. The van der Waals surface area contributed by atoms with E-state index in [9.17, 15) is 14.0 Å². The van der Waals surface area contributed by atoms with Crippen molar-refractivity contribution in [3.63, 3.8) is 0 Å². The van der Waals surface area contributed by atoms with E-state index < -0.39 is 11.7 Å². The first-order chi connectivity index (χ1) is 8.56. The first-order valence-corrected chi connectivity index (χ1v) is 6.63. The molecule has 0 unspecified atom stereocenters. The van der Waals surface area contributed by atoms with Crippen molar-refractivity contribution >= 4 is 33.2 Å². The maximum absolute atomic E-state index is 13.0. The minimum atomic E-state index is -0.479. The fourth-order valence-corrected chi connectivity index (χ4v) is 2.35. The minimum absolute atomic E-state index is 0.175. The summed E-state index contributed by atoms with van der Waals surface area (Å²) in [5.41, 5.74) is 0.832. The predicted molar refractivity (Wildman–Crippen MR) is 70.2 cm³/mol. The van der Waals surface area contributed by atoms with Gasteiger partial charge in [-0.15, -0.1) is 0 Å². The van der Waals surface area contributed by atoms with Crippen LogP contribution in [0.15, 0.2) is 32.8 Å². The molecule has 0 spiro atoms. The Labute approximate surface area is 114 Å². The van der Waals surface area contributed by atoms with Crippen LogP contribution in [-0.4, -0.2) is 10.9 Å². The van der Waals surface area contributed by atoms with Crippen LogP contribution in [0.5, 0.6) is 0 Å². The predicted octanol–water partition coefficient (Wildman–Crippen LogP) is 2.27. The van der Waals surface area contributed by atoms with Crippen LogP contribution in [0.1, 0.15) is 16.1 Å². The SMILES string of the molecule is O=C(NCc1csc(=O)[nH]1)c1cc(F)ccc1Br. The van der Waals surface area contributed by atoms with Crippen molar-refractivity contribution in [1.29, 1.82) is 0 Å². The molecule has 0 bridgehead atoms. The molecule has 4 nitrogen and oxygen atoms in total. The molecule has 2 aromatic rings. The number of carbonyl (C=O) groups excluding carboxylic acids is 1. The lowest BCUT2D eigenvalue weighted by Gasteiger charge is -2.05. The Morgan fingerprint density at radius 1 is 1.50 bits per heavy atom. The summed E-state index contributed by atoms with van der Waals surface area (Å²) >= 11 is 4.20. The van der Waals surface area contributed by atoms with E-state index in [4.69, 9.17) is 0 Å². The molecule has 1 amide bonds. The van der Waals surface area contributed by atoms with Crippen LogP contribution in [0.3, 0.4) is 0 Å². The molecule has 94 valence electrons. The number of aromatic amines is 1. The second kappa shape index (κ2) is 5.45. The molecule has 2 rings (SSSR count). The second-order valence-corrected chi connectivity index (χ2v) is 5.18. The number of amides is 1. The van der Waals surface area contributed by atoms with Gasteiger partial charge in [0, 0.05) is 15.5 Å². The van der Waals surface area contributed by atoms with Crippen LogP contribution >= 0.6 is 27.3 Å². The number of hydrogen-bond acceptors (Lipinski definition) is 3. The third kappa shape index (κ3) is 3.05. The van der Waals surface area contributed by atoms with E-state index in [0.717, 1.165) is 17.4 Å². The average molecular weight is 331 g/mol. The van der Waals surface area contributed by atoms with Crippen LogP contribution in [0.2, 0.25) is 0 Å². The first kappa shape index (κ1) is 13.0. The highest BCUT2D eigenvalue weighted by Gasteiger charge is 2.11. The molecule has 0 atom stereocenters. The number of nitrogens with one attached hydrogen (secondary N) is 2. The molecule has 0 saturated carbocycles. The zero-order valence-corrected chi connectivity index (χ0v) is 11.4. The molecule has 1 aromatic carbocycles. The summed E-state index contributed by atoms with van der Waals surface area (Å²) in [7, 11) is 0. The van der Waals surface area contributed by atoms with Crippen molar-refractivity contribution in [2.24, 2.45) is 0 Å². The Balaban J connectivity index is 2.08. The van der Waals surface area contributed by atoms with Crippen LogP contribution in [0, 0.1) is 5.82 Å². The van der Waals surface area contributed by atoms with Crippen molar-refractivity contribution in [3.05, 3.63) is 54.8 Å². The molecule has 1 aromatic heterocycles. The molecule has 0 radical (unpaired) electrons. The third-order valence-electron chi connectivity index (χ3n) is 2.18. The highest BCUT2D eigenvalue weighted by atomic mass is 79.9. The topological polar surface area (TPSA) is 62.0 Å². The van der Waals surface area contributed by atoms with Crippen molar-refractivity contribution in [3.8, 4) is 0 Å². The Kier molecular flexibility index (Phi) is 3.93. The van der Waals surface area contributed by atoms with Gasteiger partial charge in [-0.3, -0.25) is 9.59 Å². The summed E-state index contributed by atoms with van der Waals surface area (Å²) in [5.74, 6) is -0.888. The lowest BCUT2D eigenvalue weighted by molar-refractivity contribution is 0.0949. The zero-order chi connectivity index (χ0) is 13.1. The van der Waals surface area contributed by atoms with Gasteiger partial charge >= 0.3 is 4.87 Å². The van der Waals surface area contributed by atoms with Gasteiger partial charge in [0.15, 0.2) is 0 Å². The van der Waals surface area contributed by atoms with Gasteiger partial charge in [0.25, 0.3) is 5.91 Å². The van der Waals surface area contributed by atoms with Gasteiger partial charge in [0.1, 0.15) is 5.82 Å². The van der Waals surface area contributed by atoms with E-state index in [1.54, 1.807) is 5.38 Å². The van der Waals surface area contributed by atoms with Crippen molar-refractivity contribution in [2.45, 2.75) is 6.54 Å². The van der Waals surface area contributed by atoms with Gasteiger partial charge in [-0.2, -0.15) is 0 Å².